The standard InChI is InChI=1S/C22H27N7O.C2H5NO.2C2H6/c1-15-12-16-13-25-22(27-21(16)29(15)17-4-2-3-5-17)26-19-7-6-18(14-24-19)28-11-10-23-9-8-20(28)30;1-3-2-4;2*1-2/h6-7,12-14,17,23H,2-5,8-11H2,1H3,(H,24,25,26,27);2H,1H3,(H,3,4);2*1-2H3. The van der Waals surface area contributed by atoms with Gasteiger partial charge in [0.1, 0.15) is 11.5 Å². The van der Waals surface area contributed by atoms with Gasteiger partial charge in [0.15, 0.2) is 0 Å². The lowest BCUT2D eigenvalue weighted by atomic mass is 10.2. The first-order chi connectivity index (χ1) is 18.6. The molecule has 0 spiro atoms. The molecule has 2 fully saturated rings. The highest BCUT2D eigenvalue weighted by molar-refractivity contribution is 5.93. The molecule has 1 aliphatic heterocycles. The van der Waals surface area contributed by atoms with Gasteiger partial charge in [0, 0.05) is 56.4 Å². The number of carbonyl (C=O) groups is 2. The van der Waals surface area contributed by atoms with Crippen LogP contribution in [-0.2, 0) is 9.59 Å². The molecule has 1 saturated carbocycles. The molecule has 1 aliphatic carbocycles. The van der Waals surface area contributed by atoms with Crippen molar-refractivity contribution in [1.29, 1.82) is 0 Å². The molecular weight excluding hydrogens is 480 g/mol. The molecule has 1 saturated heterocycles. The second-order valence-electron chi connectivity index (χ2n) is 8.55. The summed E-state index contributed by atoms with van der Waals surface area (Å²) in [6.07, 6.45) is 9.73. The third-order valence-electron chi connectivity index (χ3n) is 6.20. The van der Waals surface area contributed by atoms with Crippen molar-refractivity contribution in [2.24, 2.45) is 0 Å². The fraction of sp³-hybridized carbons (Fsp3) is 0.536. The highest BCUT2D eigenvalue weighted by atomic mass is 16.2. The zero-order valence-corrected chi connectivity index (χ0v) is 23.8. The molecule has 5 rings (SSSR count). The van der Waals surface area contributed by atoms with E-state index in [-0.39, 0.29) is 5.91 Å². The Labute approximate surface area is 226 Å². The largest absolute Gasteiger partial charge is 0.362 e. The topological polar surface area (TPSA) is 117 Å². The Hall–Kier alpha value is -3.53. The summed E-state index contributed by atoms with van der Waals surface area (Å²) >= 11 is 0. The molecule has 3 aromatic heterocycles. The number of hydrogen-bond donors (Lipinski definition) is 3. The third kappa shape index (κ3) is 7.98. The SMILES string of the molecule is CC.CC.CNC=O.Cc1cc2cnc(Nc3ccc(N4CCNCCC4=O)cn3)nc2n1C1CCCC1. The first kappa shape index (κ1) is 30.7. The normalized spacial score (nSPS) is 15.2. The summed E-state index contributed by atoms with van der Waals surface area (Å²) in [5.74, 6) is 1.32. The molecule has 0 unspecified atom stereocenters. The average Bonchev–Trinajstić information content (AvgIpc) is 3.54. The lowest BCUT2D eigenvalue weighted by Gasteiger charge is -2.20. The number of carbonyl (C=O) groups excluding carboxylic acids is 2. The molecule has 10 nitrogen and oxygen atoms in total. The number of pyridine rings is 1. The molecule has 2 aliphatic rings. The van der Waals surface area contributed by atoms with E-state index < -0.39 is 0 Å². The molecule has 3 N–H and O–H groups in total. The van der Waals surface area contributed by atoms with Crippen LogP contribution in [-0.4, -0.2) is 58.5 Å². The first-order valence-electron chi connectivity index (χ1n) is 13.8. The molecule has 4 heterocycles. The lowest BCUT2D eigenvalue weighted by Crippen LogP contribution is -2.32. The number of fused-ring (bicyclic) bond motifs is 1. The van der Waals surface area contributed by atoms with E-state index in [4.69, 9.17) is 9.78 Å². The van der Waals surface area contributed by atoms with Gasteiger partial charge in [-0.15, -0.1) is 0 Å². The zero-order valence-electron chi connectivity index (χ0n) is 23.8. The number of aromatic nitrogens is 4. The zero-order chi connectivity index (χ0) is 27.9. The molecular formula is C28H44N8O2. The number of nitrogens with one attached hydrogen (secondary N) is 3. The Balaban J connectivity index is 0.000000571. The Bertz CT molecular complexity index is 1120. The lowest BCUT2D eigenvalue weighted by molar-refractivity contribution is -0.118. The van der Waals surface area contributed by atoms with E-state index in [0.717, 1.165) is 29.8 Å². The van der Waals surface area contributed by atoms with Gasteiger partial charge in [-0.3, -0.25) is 9.59 Å². The van der Waals surface area contributed by atoms with Gasteiger partial charge in [0.2, 0.25) is 18.3 Å². The summed E-state index contributed by atoms with van der Waals surface area (Å²) in [4.78, 5) is 36.9. The number of aryl methyl sites for hydroxylation is 1. The first-order valence-corrected chi connectivity index (χ1v) is 13.8. The third-order valence-corrected chi connectivity index (χ3v) is 6.20. The molecule has 0 radical (unpaired) electrons. The van der Waals surface area contributed by atoms with E-state index in [0.29, 0.717) is 37.2 Å². The molecule has 208 valence electrons. The summed E-state index contributed by atoms with van der Waals surface area (Å²) in [5.41, 5.74) is 3.04. The van der Waals surface area contributed by atoms with Crippen LogP contribution in [0.2, 0.25) is 0 Å². The monoisotopic (exact) mass is 524 g/mol. The maximum Gasteiger partial charge on any atom is 0.230 e. The highest BCUT2D eigenvalue weighted by Crippen LogP contribution is 2.34. The smallest absolute Gasteiger partial charge is 0.230 e. The number of nitrogens with zero attached hydrogens (tertiary/aromatic N) is 5. The number of anilines is 3. The van der Waals surface area contributed by atoms with Crippen LogP contribution in [0.3, 0.4) is 0 Å². The predicted octanol–water partition coefficient (Wildman–Crippen LogP) is 4.73. The minimum absolute atomic E-state index is 0.124. The van der Waals surface area contributed by atoms with Crippen LogP contribution in [0.4, 0.5) is 17.5 Å². The fourth-order valence-electron chi connectivity index (χ4n) is 4.60. The fourth-order valence-corrected chi connectivity index (χ4v) is 4.60. The van der Waals surface area contributed by atoms with E-state index in [1.165, 1.54) is 31.4 Å². The van der Waals surface area contributed by atoms with Crippen molar-refractivity contribution < 1.29 is 9.59 Å². The van der Waals surface area contributed by atoms with Crippen LogP contribution in [0.1, 0.15) is 71.5 Å². The van der Waals surface area contributed by atoms with Crippen molar-refractivity contribution in [3.63, 3.8) is 0 Å². The minimum atomic E-state index is 0.124. The van der Waals surface area contributed by atoms with Crippen LogP contribution >= 0.6 is 0 Å². The van der Waals surface area contributed by atoms with Crippen molar-refractivity contribution in [3.05, 3.63) is 36.3 Å². The van der Waals surface area contributed by atoms with E-state index in [9.17, 15) is 4.79 Å². The van der Waals surface area contributed by atoms with Gasteiger partial charge in [0.05, 0.1) is 11.9 Å². The summed E-state index contributed by atoms with van der Waals surface area (Å²) < 4.78 is 2.37. The van der Waals surface area contributed by atoms with Crippen LogP contribution in [0, 0.1) is 6.92 Å². The molecule has 0 atom stereocenters. The predicted molar refractivity (Wildman–Crippen MR) is 155 cm³/mol. The average molecular weight is 525 g/mol. The van der Waals surface area contributed by atoms with Crippen molar-refractivity contribution in [1.82, 2.24) is 30.2 Å². The molecule has 3 aromatic rings. The maximum absolute atomic E-state index is 12.3. The quantitative estimate of drug-likeness (QED) is 0.413. The maximum atomic E-state index is 12.3. The van der Waals surface area contributed by atoms with Crippen LogP contribution in [0.5, 0.6) is 0 Å². The molecule has 2 amide bonds. The van der Waals surface area contributed by atoms with E-state index >= 15 is 0 Å². The van der Waals surface area contributed by atoms with Crippen molar-refractivity contribution in [2.75, 3.05) is 36.9 Å². The Morgan fingerprint density at radius 1 is 1.05 bits per heavy atom. The Kier molecular flexibility index (Phi) is 13.2. The summed E-state index contributed by atoms with van der Waals surface area (Å²) in [7, 11) is 1.56. The van der Waals surface area contributed by atoms with Gasteiger partial charge in [-0.25, -0.2) is 9.97 Å². The molecule has 0 bridgehead atoms. The van der Waals surface area contributed by atoms with Crippen molar-refractivity contribution in [3.8, 4) is 0 Å². The highest BCUT2D eigenvalue weighted by Gasteiger charge is 2.22. The van der Waals surface area contributed by atoms with Gasteiger partial charge in [0.25, 0.3) is 0 Å². The summed E-state index contributed by atoms with van der Waals surface area (Å²) in [6.45, 7) is 12.3. The Morgan fingerprint density at radius 2 is 1.76 bits per heavy atom. The van der Waals surface area contributed by atoms with Crippen LogP contribution in [0.15, 0.2) is 30.6 Å². The second kappa shape index (κ2) is 16.3. The Morgan fingerprint density at radius 3 is 2.39 bits per heavy atom. The number of rotatable bonds is 5. The van der Waals surface area contributed by atoms with Crippen molar-refractivity contribution >= 4 is 40.8 Å². The van der Waals surface area contributed by atoms with Gasteiger partial charge >= 0.3 is 0 Å². The van der Waals surface area contributed by atoms with Crippen LogP contribution < -0.4 is 20.9 Å². The van der Waals surface area contributed by atoms with E-state index in [2.05, 4.69) is 43.5 Å². The van der Waals surface area contributed by atoms with Crippen LogP contribution in [0.25, 0.3) is 11.0 Å². The number of hydrogen-bond acceptors (Lipinski definition) is 7. The van der Waals surface area contributed by atoms with Gasteiger partial charge in [-0.1, -0.05) is 40.5 Å². The van der Waals surface area contributed by atoms with E-state index in [1.807, 2.05) is 46.0 Å². The van der Waals surface area contributed by atoms with Crippen molar-refractivity contribution in [2.45, 2.75) is 72.8 Å². The second-order valence-corrected chi connectivity index (χ2v) is 8.55. The molecule has 38 heavy (non-hydrogen) atoms. The number of amides is 2. The van der Waals surface area contributed by atoms with Gasteiger partial charge in [-0.05, 0) is 38.0 Å². The molecule has 10 heteroatoms. The summed E-state index contributed by atoms with van der Waals surface area (Å²) in [5, 5.41) is 9.78. The molecule has 0 aromatic carbocycles. The van der Waals surface area contributed by atoms with Gasteiger partial charge < -0.3 is 25.4 Å². The van der Waals surface area contributed by atoms with E-state index in [1.54, 1.807) is 18.1 Å². The minimum Gasteiger partial charge on any atom is -0.362 e. The van der Waals surface area contributed by atoms with Gasteiger partial charge in [-0.2, -0.15) is 4.98 Å². The summed E-state index contributed by atoms with van der Waals surface area (Å²) in [6, 6.07) is 6.48.